The van der Waals surface area contributed by atoms with Crippen LogP contribution < -0.4 is 10.1 Å². The minimum Gasteiger partial charge on any atom is -0.406 e. The van der Waals surface area contributed by atoms with E-state index in [0.29, 0.717) is 17.9 Å². The summed E-state index contributed by atoms with van der Waals surface area (Å²) in [5.41, 5.74) is 0.938. The molecule has 20 heavy (non-hydrogen) atoms. The fraction of sp³-hybridized carbons (Fsp3) is 0.600. The van der Waals surface area contributed by atoms with E-state index in [2.05, 4.69) is 23.9 Å². The minimum atomic E-state index is -4.63. The Morgan fingerprint density at radius 1 is 1.30 bits per heavy atom. The third-order valence-electron chi connectivity index (χ3n) is 3.73. The van der Waals surface area contributed by atoms with E-state index in [-0.39, 0.29) is 5.75 Å². The van der Waals surface area contributed by atoms with E-state index < -0.39 is 6.36 Å². The molecule has 0 aliphatic heterocycles. The maximum atomic E-state index is 12.2. The van der Waals surface area contributed by atoms with Crippen LogP contribution in [0.15, 0.2) is 24.3 Å². The molecule has 1 aromatic carbocycles. The second-order valence-corrected chi connectivity index (χ2v) is 5.63. The number of hydrogen-bond acceptors (Lipinski definition) is 2. The van der Waals surface area contributed by atoms with E-state index in [1.165, 1.54) is 12.1 Å². The van der Waals surface area contributed by atoms with Gasteiger partial charge in [0.05, 0.1) is 0 Å². The van der Waals surface area contributed by atoms with Gasteiger partial charge in [-0.05, 0) is 48.9 Å². The van der Waals surface area contributed by atoms with Crippen molar-refractivity contribution in [2.75, 3.05) is 6.54 Å². The number of nitrogens with one attached hydrogen (secondary N) is 1. The molecule has 2 nitrogen and oxygen atoms in total. The van der Waals surface area contributed by atoms with Gasteiger partial charge < -0.3 is 10.1 Å². The van der Waals surface area contributed by atoms with Crippen molar-refractivity contribution in [3.63, 3.8) is 0 Å². The van der Waals surface area contributed by atoms with E-state index in [9.17, 15) is 13.2 Å². The molecule has 1 fully saturated rings. The summed E-state index contributed by atoms with van der Waals surface area (Å²) in [6.45, 7) is 5.09. The molecular formula is C15H20F3NO. The first-order valence-electron chi connectivity index (χ1n) is 6.94. The van der Waals surface area contributed by atoms with E-state index >= 15 is 0 Å². The van der Waals surface area contributed by atoms with Gasteiger partial charge in [-0.2, -0.15) is 0 Å². The van der Waals surface area contributed by atoms with Crippen LogP contribution in [0.5, 0.6) is 5.75 Å². The van der Waals surface area contributed by atoms with E-state index in [0.717, 1.165) is 24.9 Å². The highest BCUT2D eigenvalue weighted by molar-refractivity contribution is 5.32. The van der Waals surface area contributed by atoms with Crippen LogP contribution in [0.3, 0.4) is 0 Å². The molecular weight excluding hydrogens is 267 g/mol. The average molecular weight is 287 g/mol. The topological polar surface area (TPSA) is 21.3 Å². The van der Waals surface area contributed by atoms with Gasteiger partial charge in [0.25, 0.3) is 0 Å². The molecule has 2 unspecified atom stereocenters. The molecule has 1 saturated carbocycles. The highest BCUT2D eigenvalue weighted by atomic mass is 19.4. The predicted octanol–water partition coefficient (Wildman–Crippen LogP) is 4.08. The van der Waals surface area contributed by atoms with Crippen LogP contribution in [0.1, 0.15) is 38.2 Å². The maximum Gasteiger partial charge on any atom is 0.573 e. The number of hydrogen-bond donors (Lipinski definition) is 1. The van der Waals surface area contributed by atoms with Crippen molar-refractivity contribution in [1.29, 1.82) is 0 Å². The molecule has 0 saturated heterocycles. The Labute approximate surface area is 117 Å². The van der Waals surface area contributed by atoms with Crippen molar-refractivity contribution < 1.29 is 17.9 Å². The molecule has 1 aliphatic rings. The van der Waals surface area contributed by atoms with Crippen molar-refractivity contribution >= 4 is 0 Å². The Kier molecular flexibility index (Phi) is 4.58. The van der Waals surface area contributed by atoms with Gasteiger partial charge in [-0.15, -0.1) is 13.2 Å². The van der Waals surface area contributed by atoms with Crippen LogP contribution >= 0.6 is 0 Å². The standard InChI is InChI=1S/C15H20F3NO/c1-10(2)19-9-12-6-7-14(12)11-4-3-5-13(8-11)20-15(16,17)18/h3-5,8,10,12,14,19H,6-7,9H2,1-2H3. The molecule has 0 amide bonds. The zero-order chi connectivity index (χ0) is 14.8. The fourth-order valence-corrected chi connectivity index (χ4v) is 2.58. The lowest BCUT2D eigenvalue weighted by molar-refractivity contribution is -0.274. The Balaban J connectivity index is 2.00. The second-order valence-electron chi connectivity index (χ2n) is 5.63. The van der Waals surface area contributed by atoms with Gasteiger partial charge in [-0.3, -0.25) is 0 Å². The molecule has 0 aromatic heterocycles. The smallest absolute Gasteiger partial charge is 0.406 e. The summed E-state index contributed by atoms with van der Waals surface area (Å²) in [5.74, 6) is 0.703. The largest absolute Gasteiger partial charge is 0.573 e. The number of ether oxygens (including phenoxy) is 1. The predicted molar refractivity (Wildman–Crippen MR) is 71.7 cm³/mol. The van der Waals surface area contributed by atoms with Gasteiger partial charge in [-0.1, -0.05) is 26.0 Å². The fourth-order valence-electron chi connectivity index (χ4n) is 2.58. The molecule has 0 spiro atoms. The van der Waals surface area contributed by atoms with Crippen molar-refractivity contribution in [3.05, 3.63) is 29.8 Å². The van der Waals surface area contributed by atoms with Gasteiger partial charge in [-0.25, -0.2) is 0 Å². The van der Waals surface area contributed by atoms with Crippen molar-refractivity contribution in [2.45, 2.75) is 45.0 Å². The summed E-state index contributed by atoms with van der Waals surface area (Å²) in [6.07, 6.45) is -2.48. The second kappa shape index (κ2) is 6.04. The van der Waals surface area contributed by atoms with Crippen LogP contribution in [0, 0.1) is 5.92 Å². The van der Waals surface area contributed by atoms with Gasteiger partial charge in [0.15, 0.2) is 0 Å². The van der Waals surface area contributed by atoms with Gasteiger partial charge in [0.2, 0.25) is 0 Å². The lowest BCUT2D eigenvalue weighted by Gasteiger charge is -2.38. The van der Waals surface area contributed by atoms with E-state index in [1.807, 2.05) is 6.07 Å². The molecule has 2 rings (SSSR count). The van der Waals surface area contributed by atoms with Gasteiger partial charge >= 0.3 is 6.36 Å². The Morgan fingerprint density at radius 2 is 2.05 bits per heavy atom. The monoisotopic (exact) mass is 287 g/mol. The summed E-state index contributed by atoms with van der Waals surface area (Å²) < 4.78 is 40.7. The molecule has 1 N–H and O–H groups in total. The number of rotatable bonds is 5. The van der Waals surface area contributed by atoms with E-state index in [1.54, 1.807) is 6.07 Å². The molecule has 0 bridgehead atoms. The lowest BCUT2D eigenvalue weighted by Crippen LogP contribution is -2.36. The summed E-state index contributed by atoms with van der Waals surface area (Å²) >= 11 is 0. The quantitative estimate of drug-likeness (QED) is 0.881. The van der Waals surface area contributed by atoms with Crippen molar-refractivity contribution in [3.8, 4) is 5.75 Å². The Hall–Kier alpha value is -1.23. The number of halogens is 3. The molecule has 112 valence electrons. The molecule has 0 radical (unpaired) electrons. The average Bonchev–Trinajstić information content (AvgIpc) is 2.25. The van der Waals surface area contributed by atoms with Crippen LogP contribution in [0.2, 0.25) is 0 Å². The zero-order valence-corrected chi connectivity index (χ0v) is 11.7. The molecule has 2 atom stereocenters. The highest BCUT2D eigenvalue weighted by Gasteiger charge is 2.34. The molecule has 5 heteroatoms. The molecule has 1 aromatic rings. The number of benzene rings is 1. The van der Waals surface area contributed by atoms with Crippen LogP contribution in [-0.2, 0) is 0 Å². The third-order valence-corrected chi connectivity index (χ3v) is 3.73. The molecule has 1 aliphatic carbocycles. The summed E-state index contributed by atoms with van der Waals surface area (Å²) in [7, 11) is 0. The lowest BCUT2D eigenvalue weighted by atomic mass is 9.70. The Morgan fingerprint density at radius 3 is 2.60 bits per heavy atom. The SMILES string of the molecule is CC(C)NCC1CCC1c1cccc(OC(F)(F)F)c1. The first-order valence-corrected chi connectivity index (χ1v) is 6.94. The van der Waals surface area contributed by atoms with E-state index in [4.69, 9.17) is 0 Å². The van der Waals surface area contributed by atoms with Gasteiger partial charge in [0, 0.05) is 6.04 Å². The minimum absolute atomic E-state index is 0.127. The molecule has 0 heterocycles. The van der Waals surface area contributed by atoms with Gasteiger partial charge in [0.1, 0.15) is 5.75 Å². The normalized spacial score (nSPS) is 22.7. The first-order chi connectivity index (χ1) is 9.35. The first kappa shape index (κ1) is 15.2. The summed E-state index contributed by atoms with van der Waals surface area (Å²) in [6, 6.07) is 6.80. The summed E-state index contributed by atoms with van der Waals surface area (Å²) in [4.78, 5) is 0. The zero-order valence-electron chi connectivity index (χ0n) is 11.7. The van der Waals surface area contributed by atoms with Crippen molar-refractivity contribution in [1.82, 2.24) is 5.32 Å². The van der Waals surface area contributed by atoms with Crippen LogP contribution in [-0.4, -0.2) is 18.9 Å². The Bertz CT molecular complexity index is 445. The summed E-state index contributed by atoms with van der Waals surface area (Å²) in [5, 5.41) is 3.39. The van der Waals surface area contributed by atoms with Crippen LogP contribution in [0.4, 0.5) is 13.2 Å². The number of alkyl halides is 3. The highest BCUT2D eigenvalue weighted by Crippen LogP contribution is 2.43. The maximum absolute atomic E-state index is 12.2. The van der Waals surface area contributed by atoms with Crippen molar-refractivity contribution in [2.24, 2.45) is 5.92 Å². The third kappa shape index (κ3) is 4.13. The van der Waals surface area contributed by atoms with Crippen LogP contribution in [0.25, 0.3) is 0 Å².